The molecule has 0 saturated carbocycles. The van der Waals surface area contributed by atoms with Gasteiger partial charge in [-0.25, -0.2) is 0 Å². The van der Waals surface area contributed by atoms with Crippen molar-refractivity contribution in [3.63, 3.8) is 0 Å². The van der Waals surface area contributed by atoms with Crippen LogP contribution in [0.5, 0.6) is 0 Å². The summed E-state index contributed by atoms with van der Waals surface area (Å²) in [5, 5.41) is 14.6. The van der Waals surface area contributed by atoms with Crippen LogP contribution in [0, 0.1) is 16.9 Å². The number of fused-ring (bicyclic) bond motifs is 4. The second-order valence-electron chi connectivity index (χ2n) is 15.9. The fourth-order valence-corrected chi connectivity index (χ4v) is 8.72. The number of carbonyl (C=O) groups excluding carboxylic acids is 1. The Labute approximate surface area is 290 Å². The van der Waals surface area contributed by atoms with Crippen LogP contribution < -0.4 is 4.40 Å². The molecule has 241 valence electrons. The zero-order chi connectivity index (χ0) is 32.8. The van der Waals surface area contributed by atoms with Gasteiger partial charge in [0, 0.05) is 37.0 Å². The Kier molecular flexibility index (Phi) is 11.1. The second-order valence-corrected chi connectivity index (χ2v) is 27.6. The topological polar surface area (TPSA) is 50.2 Å². The van der Waals surface area contributed by atoms with E-state index in [9.17, 15) is 9.90 Å². The molecule has 5 rings (SSSR count). The fraction of sp³-hybridized carbons (Fsp3) is 0.385. The average Bonchev–Trinajstić information content (AvgIpc) is 3.29. The molecule has 0 aliphatic heterocycles. The number of ketones is 1. The Morgan fingerprint density at radius 2 is 1.49 bits per heavy atom. The van der Waals surface area contributed by atoms with Gasteiger partial charge in [-0.05, 0) is 0 Å². The molecular formula is C39H48GeIrNO2S-. The standard InChI is InChI=1S/C28H28GeNS.C11H20O2.Ir/c1-28(2,3)23-16-19(15-18-9-7-8-10-21(18)23)27-26-22-12-11-20(29(4,5)6)17-25(22)31-24(26)13-14-30-27;1-10(2,3)8(12)7-9(13)11(4,5)6;/h7-14,16-17H,1-6H3;7,12H,1-6H3;/q-1;;/b;8-7-;. The molecule has 2 heterocycles. The molecule has 3 nitrogen and oxygen atoms in total. The van der Waals surface area contributed by atoms with E-state index in [4.69, 9.17) is 4.98 Å². The third-order valence-electron chi connectivity index (χ3n) is 7.86. The first-order valence-electron chi connectivity index (χ1n) is 15.4. The van der Waals surface area contributed by atoms with Gasteiger partial charge in [-0.2, -0.15) is 0 Å². The number of rotatable bonds is 3. The second kappa shape index (κ2) is 13.4. The Balaban J connectivity index is 0.000000338. The largest absolute Gasteiger partial charge is 0 e. The van der Waals surface area contributed by atoms with Gasteiger partial charge in [0.05, 0.1) is 0 Å². The van der Waals surface area contributed by atoms with Crippen molar-refractivity contribution in [3.05, 3.63) is 84.3 Å². The minimum atomic E-state index is -1.87. The van der Waals surface area contributed by atoms with Gasteiger partial charge in [0.1, 0.15) is 5.76 Å². The molecule has 0 amide bonds. The Bertz CT molecular complexity index is 1880. The molecule has 1 N–H and O–H groups in total. The van der Waals surface area contributed by atoms with Crippen LogP contribution in [-0.2, 0) is 30.3 Å². The molecule has 5 aromatic rings. The number of pyridine rings is 1. The van der Waals surface area contributed by atoms with E-state index in [1.165, 1.54) is 37.2 Å². The maximum absolute atomic E-state index is 11.5. The third-order valence-corrected chi connectivity index (χ3v) is 13.3. The first-order chi connectivity index (χ1) is 20.2. The normalized spacial score (nSPS) is 13.0. The molecule has 0 spiro atoms. The number of aliphatic hydroxyl groups is 1. The summed E-state index contributed by atoms with van der Waals surface area (Å²) in [6.45, 7) is 18.0. The Hall–Kier alpha value is -2.31. The quantitative estimate of drug-likeness (QED) is 0.0851. The number of nitrogens with zero attached hydrogens (tertiary/aromatic N) is 1. The summed E-state index contributed by atoms with van der Waals surface area (Å²) < 4.78 is 4.23. The number of thiophene rings is 1. The van der Waals surface area contributed by atoms with Crippen molar-refractivity contribution in [1.29, 1.82) is 0 Å². The summed E-state index contributed by atoms with van der Waals surface area (Å²) in [6.07, 6.45) is 3.29. The van der Waals surface area contributed by atoms with Crippen molar-refractivity contribution in [3.8, 4) is 11.3 Å². The molecule has 2 aromatic heterocycles. The molecule has 3 aromatic carbocycles. The van der Waals surface area contributed by atoms with Gasteiger partial charge in [0.2, 0.25) is 0 Å². The van der Waals surface area contributed by atoms with Crippen molar-refractivity contribution in [1.82, 2.24) is 4.98 Å². The number of allylic oxidation sites excluding steroid dienone is 2. The van der Waals surface area contributed by atoms with Crippen LogP contribution in [0.1, 0.15) is 67.9 Å². The molecule has 6 heteroatoms. The SMILES string of the molecule is CC(C)(C)C(=O)/C=C(\O)C(C)(C)C.CC(C)(C)c1cc(-c2nccc3sc4c[c]([Ge]([CH3])([CH3])[CH3])ccc4c23)[c-]c2ccccc12.[Ir]. The van der Waals surface area contributed by atoms with Gasteiger partial charge >= 0.3 is 192 Å². The van der Waals surface area contributed by atoms with E-state index in [0.717, 1.165) is 16.6 Å². The van der Waals surface area contributed by atoms with Crippen LogP contribution in [0.15, 0.2) is 72.6 Å². The van der Waals surface area contributed by atoms with Gasteiger partial charge in [-0.3, -0.25) is 4.79 Å². The van der Waals surface area contributed by atoms with Crippen molar-refractivity contribution in [2.45, 2.75) is 85.0 Å². The van der Waals surface area contributed by atoms with E-state index >= 15 is 0 Å². The summed E-state index contributed by atoms with van der Waals surface area (Å²) in [5.74, 6) is 7.48. The number of carbonyl (C=O) groups is 1. The minimum absolute atomic E-state index is 0. The smallest absolute Gasteiger partial charge is 0 e. The average molecular weight is 860 g/mol. The molecule has 0 fully saturated rings. The Morgan fingerprint density at radius 1 is 0.844 bits per heavy atom. The summed E-state index contributed by atoms with van der Waals surface area (Å²) in [7, 11) is 0. The molecule has 0 aliphatic rings. The van der Waals surface area contributed by atoms with E-state index in [-0.39, 0.29) is 42.5 Å². The molecule has 45 heavy (non-hydrogen) atoms. The third kappa shape index (κ3) is 8.54. The maximum Gasteiger partial charge on any atom is 0 e. The summed E-state index contributed by atoms with van der Waals surface area (Å²) >= 11 is 0.0179. The van der Waals surface area contributed by atoms with Crippen LogP contribution >= 0.6 is 11.3 Å². The number of aliphatic hydroxyl groups excluding tert-OH is 1. The van der Waals surface area contributed by atoms with Crippen LogP contribution in [-0.4, -0.2) is 29.1 Å². The van der Waals surface area contributed by atoms with Crippen LogP contribution in [0.2, 0.25) is 17.3 Å². The zero-order valence-corrected chi connectivity index (χ0v) is 34.2. The van der Waals surface area contributed by atoms with Crippen molar-refractivity contribution >= 4 is 65.7 Å². The van der Waals surface area contributed by atoms with Crippen LogP contribution in [0.4, 0.5) is 0 Å². The summed E-state index contributed by atoms with van der Waals surface area (Å²) in [5.41, 5.74) is 2.76. The van der Waals surface area contributed by atoms with Gasteiger partial charge in [0.25, 0.3) is 0 Å². The molecule has 0 saturated heterocycles. The van der Waals surface area contributed by atoms with Crippen molar-refractivity contribution < 1.29 is 30.0 Å². The monoisotopic (exact) mass is 861 g/mol. The van der Waals surface area contributed by atoms with E-state index in [1.54, 1.807) is 4.40 Å². The first kappa shape index (κ1) is 37.2. The van der Waals surface area contributed by atoms with Crippen LogP contribution in [0.25, 0.3) is 42.2 Å². The Morgan fingerprint density at radius 3 is 2.07 bits per heavy atom. The van der Waals surface area contributed by atoms with Gasteiger partial charge in [-0.1, -0.05) is 41.5 Å². The predicted molar refractivity (Wildman–Crippen MR) is 195 cm³/mol. The molecule has 0 unspecified atom stereocenters. The molecule has 0 aliphatic carbocycles. The minimum Gasteiger partial charge on any atom is 0 e. The van der Waals surface area contributed by atoms with Crippen molar-refractivity contribution in [2.75, 3.05) is 0 Å². The predicted octanol–water partition coefficient (Wildman–Crippen LogP) is 11.0. The zero-order valence-electron chi connectivity index (χ0n) is 28.9. The van der Waals surface area contributed by atoms with E-state index in [1.807, 2.05) is 59.1 Å². The first-order valence-corrected chi connectivity index (χ1v) is 23.6. The van der Waals surface area contributed by atoms with E-state index in [0.29, 0.717) is 0 Å². The summed E-state index contributed by atoms with van der Waals surface area (Å²) in [4.78, 5) is 16.4. The molecular weight excluding hydrogens is 811 g/mol. The van der Waals surface area contributed by atoms with E-state index in [2.05, 4.69) is 98.7 Å². The summed E-state index contributed by atoms with van der Waals surface area (Å²) in [6, 6.07) is 23.9. The molecule has 0 bridgehead atoms. The number of hydrogen-bond acceptors (Lipinski definition) is 4. The number of aromatic nitrogens is 1. The number of benzene rings is 3. The molecule has 1 radical (unpaired) electrons. The fourth-order valence-electron chi connectivity index (χ4n) is 4.93. The van der Waals surface area contributed by atoms with Gasteiger partial charge in [0.15, 0.2) is 5.78 Å². The van der Waals surface area contributed by atoms with Crippen LogP contribution in [0.3, 0.4) is 0 Å². The van der Waals surface area contributed by atoms with E-state index < -0.39 is 18.7 Å². The maximum atomic E-state index is 11.5. The van der Waals surface area contributed by atoms with Gasteiger partial charge in [-0.15, -0.1) is 0 Å². The molecule has 0 atom stereocenters. The van der Waals surface area contributed by atoms with Crippen molar-refractivity contribution in [2.24, 2.45) is 10.8 Å². The van der Waals surface area contributed by atoms with Gasteiger partial charge < -0.3 is 5.11 Å². The number of hydrogen-bond donors (Lipinski definition) is 1.